The van der Waals surface area contributed by atoms with Gasteiger partial charge in [0.2, 0.25) is 0 Å². The number of nitrogens with one attached hydrogen (secondary N) is 2. The molecule has 0 saturated heterocycles. The predicted molar refractivity (Wildman–Crippen MR) is 107 cm³/mol. The predicted octanol–water partition coefficient (Wildman–Crippen LogP) is 3.06. The van der Waals surface area contributed by atoms with Gasteiger partial charge in [-0.15, -0.1) is 0 Å². The van der Waals surface area contributed by atoms with Crippen molar-refractivity contribution in [2.75, 3.05) is 10.6 Å². The molecule has 2 aromatic heterocycles. The van der Waals surface area contributed by atoms with Crippen molar-refractivity contribution in [3.63, 3.8) is 0 Å². The molecule has 1 aliphatic rings. The number of aromatic nitrogens is 2. The Morgan fingerprint density at radius 3 is 2.82 bits per heavy atom. The number of carbonyl (C=O) groups is 2. The molecule has 0 saturated carbocycles. The number of pyridine rings is 2. The van der Waals surface area contributed by atoms with Crippen LogP contribution in [0.3, 0.4) is 0 Å². The molecule has 0 spiro atoms. The molecule has 28 heavy (non-hydrogen) atoms. The first-order valence-corrected chi connectivity index (χ1v) is 9.32. The molecule has 4 rings (SSSR count). The first kappa shape index (κ1) is 18.0. The van der Waals surface area contributed by atoms with Crippen LogP contribution in [0.25, 0.3) is 0 Å². The number of carbonyl (C=O) groups excluding carboxylic acids is 2. The van der Waals surface area contributed by atoms with Gasteiger partial charge < -0.3 is 15.2 Å². The number of hydrogen-bond acceptors (Lipinski definition) is 5. The van der Waals surface area contributed by atoms with Gasteiger partial charge in [0.05, 0.1) is 11.3 Å². The molecular formula is C20H16N4O3S. The van der Waals surface area contributed by atoms with E-state index in [1.165, 1.54) is 22.4 Å². The number of rotatable bonds is 2. The van der Waals surface area contributed by atoms with Crippen LogP contribution in [0.15, 0.2) is 63.4 Å². The smallest absolute Gasteiger partial charge is 0.263 e. The van der Waals surface area contributed by atoms with Gasteiger partial charge in [-0.1, -0.05) is 11.8 Å². The van der Waals surface area contributed by atoms with E-state index in [4.69, 9.17) is 0 Å². The summed E-state index contributed by atoms with van der Waals surface area (Å²) in [5.41, 5.74) is 1.93. The summed E-state index contributed by atoms with van der Waals surface area (Å²) in [4.78, 5) is 42.5. The molecule has 2 amide bonds. The van der Waals surface area contributed by atoms with Crippen molar-refractivity contribution in [1.29, 1.82) is 0 Å². The zero-order valence-corrected chi connectivity index (χ0v) is 16.0. The average Bonchev–Trinajstić information content (AvgIpc) is 2.82. The molecule has 2 N–H and O–H groups in total. The van der Waals surface area contributed by atoms with E-state index in [-0.39, 0.29) is 17.0 Å². The third kappa shape index (κ3) is 3.18. The van der Waals surface area contributed by atoms with Crippen molar-refractivity contribution >= 4 is 35.0 Å². The molecule has 1 aliphatic heterocycles. The Balaban J connectivity index is 1.64. The highest BCUT2D eigenvalue weighted by molar-refractivity contribution is 7.99. The summed E-state index contributed by atoms with van der Waals surface area (Å²) >= 11 is 1.38. The maximum Gasteiger partial charge on any atom is 0.263 e. The molecule has 0 fully saturated rings. The lowest BCUT2D eigenvalue weighted by molar-refractivity contribution is 0.101. The summed E-state index contributed by atoms with van der Waals surface area (Å²) in [7, 11) is 1.62. The van der Waals surface area contributed by atoms with E-state index in [0.717, 1.165) is 10.6 Å². The second kappa shape index (κ2) is 6.97. The quantitative estimate of drug-likeness (QED) is 0.699. The lowest BCUT2D eigenvalue weighted by Gasteiger charge is -2.10. The average molecular weight is 392 g/mol. The molecule has 0 aliphatic carbocycles. The minimum Gasteiger partial charge on any atom is -0.322 e. The minimum atomic E-state index is -0.521. The highest BCUT2D eigenvalue weighted by atomic mass is 32.2. The summed E-state index contributed by atoms with van der Waals surface area (Å²) in [6.07, 6.45) is 1.67. The summed E-state index contributed by atoms with van der Waals surface area (Å²) in [5.74, 6) is -0.802. The van der Waals surface area contributed by atoms with Crippen LogP contribution < -0.4 is 16.2 Å². The van der Waals surface area contributed by atoms with Crippen LogP contribution in [0.1, 0.15) is 26.4 Å². The van der Waals surface area contributed by atoms with Gasteiger partial charge in [-0.2, -0.15) is 0 Å². The fourth-order valence-corrected chi connectivity index (χ4v) is 3.78. The molecule has 1 aromatic carbocycles. The molecule has 8 heteroatoms. The van der Waals surface area contributed by atoms with E-state index >= 15 is 0 Å². The minimum absolute atomic E-state index is 0.0403. The Bertz CT molecular complexity index is 1190. The molecule has 0 atom stereocenters. The van der Waals surface area contributed by atoms with E-state index in [9.17, 15) is 14.4 Å². The van der Waals surface area contributed by atoms with Crippen molar-refractivity contribution in [3.8, 4) is 0 Å². The van der Waals surface area contributed by atoms with Crippen LogP contribution in [0.2, 0.25) is 0 Å². The van der Waals surface area contributed by atoms with Crippen molar-refractivity contribution in [1.82, 2.24) is 9.55 Å². The Morgan fingerprint density at radius 2 is 2.00 bits per heavy atom. The van der Waals surface area contributed by atoms with Crippen molar-refractivity contribution in [2.45, 2.75) is 16.8 Å². The highest BCUT2D eigenvalue weighted by Gasteiger charge is 2.21. The van der Waals surface area contributed by atoms with Crippen molar-refractivity contribution < 1.29 is 9.59 Å². The fraction of sp³-hybridized carbons (Fsp3) is 0.100. The van der Waals surface area contributed by atoms with Gasteiger partial charge in [-0.05, 0) is 49.4 Å². The summed E-state index contributed by atoms with van der Waals surface area (Å²) in [6, 6.07) is 11.8. The fourth-order valence-electron chi connectivity index (χ4n) is 2.83. The standard InChI is InChI=1S/C20H16N4O3S/c1-11-5-7-13(20(27)24(11)2)17(25)22-12-6-8-16-14(10-12)18(26)23-15-4-3-9-21-19(15)28-16/h3-10H,1-2H3,(H,22,25)(H,23,26). The lowest BCUT2D eigenvalue weighted by atomic mass is 10.1. The van der Waals surface area contributed by atoms with Gasteiger partial charge in [0.25, 0.3) is 17.4 Å². The topological polar surface area (TPSA) is 93.1 Å². The van der Waals surface area contributed by atoms with E-state index < -0.39 is 5.91 Å². The number of benzene rings is 1. The van der Waals surface area contributed by atoms with Gasteiger partial charge in [0.15, 0.2) is 0 Å². The third-order valence-electron chi connectivity index (χ3n) is 4.51. The van der Waals surface area contributed by atoms with Crippen LogP contribution in [-0.2, 0) is 7.05 Å². The maximum atomic E-state index is 12.6. The van der Waals surface area contributed by atoms with Gasteiger partial charge in [-0.25, -0.2) is 4.98 Å². The van der Waals surface area contributed by atoms with Gasteiger partial charge >= 0.3 is 0 Å². The lowest BCUT2D eigenvalue weighted by Crippen LogP contribution is -2.28. The van der Waals surface area contributed by atoms with E-state index in [1.807, 2.05) is 0 Å². The van der Waals surface area contributed by atoms with Crippen molar-refractivity contribution in [3.05, 3.63) is 75.8 Å². The van der Waals surface area contributed by atoms with Crippen LogP contribution in [0, 0.1) is 6.92 Å². The molecule has 0 unspecified atom stereocenters. The number of nitrogens with zero attached hydrogens (tertiary/aromatic N) is 2. The van der Waals surface area contributed by atoms with Crippen LogP contribution in [0.4, 0.5) is 11.4 Å². The Morgan fingerprint density at radius 1 is 1.18 bits per heavy atom. The van der Waals surface area contributed by atoms with Gasteiger partial charge in [0.1, 0.15) is 10.6 Å². The number of anilines is 2. The SMILES string of the molecule is Cc1ccc(C(=O)Nc2ccc3c(c2)C(=O)Nc2cccnc2S3)c(=O)n1C. The zero-order chi connectivity index (χ0) is 19.8. The summed E-state index contributed by atoms with van der Waals surface area (Å²) in [6.45, 7) is 1.79. The van der Waals surface area contributed by atoms with Crippen molar-refractivity contribution in [2.24, 2.45) is 7.05 Å². The second-order valence-electron chi connectivity index (χ2n) is 6.33. The Hall–Kier alpha value is -3.39. The number of fused-ring (bicyclic) bond motifs is 2. The second-order valence-corrected chi connectivity index (χ2v) is 7.36. The Kier molecular flexibility index (Phi) is 4.48. The normalized spacial score (nSPS) is 12.4. The molecule has 3 heterocycles. The molecule has 140 valence electrons. The molecule has 0 radical (unpaired) electrons. The molecule has 3 aromatic rings. The molecular weight excluding hydrogens is 376 g/mol. The number of hydrogen-bond donors (Lipinski definition) is 2. The Labute approximate surface area is 164 Å². The number of amides is 2. The zero-order valence-electron chi connectivity index (χ0n) is 15.1. The highest BCUT2D eigenvalue weighted by Crippen LogP contribution is 2.37. The summed E-state index contributed by atoms with van der Waals surface area (Å²) < 4.78 is 1.42. The molecule has 7 nitrogen and oxygen atoms in total. The first-order valence-electron chi connectivity index (χ1n) is 8.50. The van der Waals surface area contributed by atoms with Crippen LogP contribution in [-0.4, -0.2) is 21.4 Å². The van der Waals surface area contributed by atoms with Crippen LogP contribution >= 0.6 is 11.8 Å². The van der Waals surface area contributed by atoms with Gasteiger partial charge in [-0.3, -0.25) is 14.4 Å². The van der Waals surface area contributed by atoms with E-state index in [2.05, 4.69) is 15.6 Å². The first-order chi connectivity index (χ1) is 13.4. The van der Waals surface area contributed by atoms with Gasteiger partial charge in [0, 0.05) is 29.5 Å². The summed E-state index contributed by atoms with van der Waals surface area (Å²) in [5, 5.41) is 6.23. The van der Waals surface area contributed by atoms with E-state index in [0.29, 0.717) is 22.0 Å². The third-order valence-corrected chi connectivity index (χ3v) is 5.60. The molecule has 0 bridgehead atoms. The number of aryl methyl sites for hydroxylation is 1. The van der Waals surface area contributed by atoms with Crippen LogP contribution in [0.5, 0.6) is 0 Å². The monoisotopic (exact) mass is 392 g/mol. The maximum absolute atomic E-state index is 12.6. The van der Waals surface area contributed by atoms with E-state index in [1.54, 1.807) is 56.6 Å². The largest absolute Gasteiger partial charge is 0.322 e.